The van der Waals surface area contributed by atoms with Crippen LogP contribution >= 0.6 is 0 Å². The summed E-state index contributed by atoms with van der Waals surface area (Å²) in [7, 11) is 0. The smallest absolute Gasteiger partial charge is 0.119 e. The van der Waals surface area contributed by atoms with Crippen LogP contribution in [-0.4, -0.2) is 18.3 Å². The molecule has 0 aliphatic heterocycles. The Labute approximate surface area is 168 Å². The van der Waals surface area contributed by atoms with E-state index in [1.165, 1.54) is 95.5 Å². The Morgan fingerprint density at radius 3 is 1.74 bits per heavy atom. The highest BCUT2D eigenvalue weighted by molar-refractivity contribution is 5.27. The number of aryl methyl sites for hydroxylation is 1. The van der Waals surface area contributed by atoms with Crippen LogP contribution in [0.5, 0.6) is 5.75 Å². The molecule has 2 nitrogen and oxygen atoms in total. The Kier molecular flexibility index (Phi) is 16.3. The number of hydrogen-bond donors (Lipinski definition) is 1. The number of rotatable bonds is 19. The quantitative estimate of drug-likeness (QED) is 0.254. The van der Waals surface area contributed by atoms with E-state index >= 15 is 0 Å². The molecule has 0 saturated carbocycles. The van der Waals surface area contributed by atoms with Crippen LogP contribution in [0.2, 0.25) is 0 Å². The molecule has 0 fully saturated rings. The Morgan fingerprint density at radius 1 is 0.630 bits per heavy atom. The first-order valence-electron chi connectivity index (χ1n) is 11.7. The summed E-state index contributed by atoms with van der Waals surface area (Å²) in [6.07, 6.45) is 20.6. The van der Waals surface area contributed by atoms with Crippen molar-refractivity contribution in [3.8, 4) is 5.75 Å². The molecule has 2 heteroatoms. The van der Waals surface area contributed by atoms with Crippen LogP contribution in [-0.2, 0) is 6.42 Å². The van der Waals surface area contributed by atoms with Gasteiger partial charge in [0.05, 0.1) is 6.61 Å². The van der Waals surface area contributed by atoms with Crippen molar-refractivity contribution in [3.63, 3.8) is 0 Å². The number of benzene rings is 1. The summed E-state index contributed by atoms with van der Waals surface area (Å²) in [5, 5.41) is 8.74. The molecule has 1 aromatic carbocycles. The second-order valence-electron chi connectivity index (χ2n) is 7.92. The molecule has 156 valence electrons. The van der Waals surface area contributed by atoms with E-state index in [0.29, 0.717) is 6.61 Å². The van der Waals surface area contributed by atoms with Gasteiger partial charge < -0.3 is 9.84 Å². The first-order chi connectivity index (χ1) is 13.4. The lowest BCUT2D eigenvalue weighted by atomic mass is 10.0. The van der Waals surface area contributed by atoms with E-state index in [-0.39, 0.29) is 0 Å². The van der Waals surface area contributed by atoms with Gasteiger partial charge in [-0.1, -0.05) is 96.1 Å². The van der Waals surface area contributed by atoms with E-state index in [1.807, 2.05) is 0 Å². The van der Waals surface area contributed by atoms with E-state index in [1.54, 1.807) is 0 Å². The molecule has 0 atom stereocenters. The van der Waals surface area contributed by atoms with E-state index in [9.17, 15) is 0 Å². The SMILES string of the molecule is CCCCCCCCCc1ccc(OCCCCCCCCCCO)cc1. The fourth-order valence-electron chi connectivity index (χ4n) is 3.50. The zero-order valence-electron chi connectivity index (χ0n) is 17.9. The summed E-state index contributed by atoms with van der Waals surface area (Å²) >= 11 is 0. The van der Waals surface area contributed by atoms with Crippen molar-refractivity contribution in [2.24, 2.45) is 0 Å². The maximum absolute atomic E-state index is 8.74. The number of ether oxygens (including phenoxy) is 1. The summed E-state index contributed by atoms with van der Waals surface area (Å²) in [6.45, 7) is 3.45. The van der Waals surface area contributed by atoms with Gasteiger partial charge in [-0.3, -0.25) is 0 Å². The minimum absolute atomic E-state index is 0.345. The largest absolute Gasteiger partial charge is 0.494 e. The summed E-state index contributed by atoms with van der Waals surface area (Å²) in [5.74, 6) is 1.02. The molecule has 0 aliphatic carbocycles. The van der Waals surface area contributed by atoms with Crippen LogP contribution in [0.25, 0.3) is 0 Å². The normalized spacial score (nSPS) is 11.0. The first-order valence-corrected chi connectivity index (χ1v) is 11.7. The lowest BCUT2D eigenvalue weighted by molar-refractivity contribution is 0.282. The predicted octanol–water partition coefficient (Wildman–Crippen LogP) is 7.47. The zero-order chi connectivity index (χ0) is 19.4. The maximum atomic E-state index is 8.74. The summed E-state index contributed by atoms with van der Waals surface area (Å²) < 4.78 is 5.87. The lowest BCUT2D eigenvalue weighted by Gasteiger charge is -2.08. The van der Waals surface area contributed by atoms with Gasteiger partial charge in [0.2, 0.25) is 0 Å². The van der Waals surface area contributed by atoms with Crippen LogP contribution in [0, 0.1) is 0 Å². The fourth-order valence-corrected chi connectivity index (χ4v) is 3.50. The molecule has 0 aromatic heterocycles. The van der Waals surface area contributed by atoms with Gasteiger partial charge >= 0.3 is 0 Å². The third kappa shape index (κ3) is 14.7. The summed E-state index contributed by atoms with van der Waals surface area (Å²) in [5.41, 5.74) is 1.44. The molecule has 0 saturated heterocycles. The molecule has 0 spiro atoms. The highest BCUT2D eigenvalue weighted by Gasteiger charge is 1.98. The molecule has 0 amide bonds. The average Bonchev–Trinajstić information content (AvgIpc) is 2.70. The molecule has 0 radical (unpaired) electrons. The van der Waals surface area contributed by atoms with Crippen molar-refractivity contribution in [1.82, 2.24) is 0 Å². The van der Waals surface area contributed by atoms with Crippen molar-refractivity contribution in [2.75, 3.05) is 13.2 Å². The van der Waals surface area contributed by atoms with Gasteiger partial charge in [-0.15, -0.1) is 0 Å². The third-order valence-corrected chi connectivity index (χ3v) is 5.31. The van der Waals surface area contributed by atoms with Gasteiger partial charge in [-0.25, -0.2) is 0 Å². The highest BCUT2D eigenvalue weighted by Crippen LogP contribution is 2.16. The van der Waals surface area contributed by atoms with Crippen LogP contribution in [0.1, 0.15) is 109 Å². The van der Waals surface area contributed by atoms with Crippen molar-refractivity contribution in [1.29, 1.82) is 0 Å². The molecular formula is C25H44O2. The molecule has 1 N–H and O–H groups in total. The molecule has 1 aromatic rings. The van der Waals surface area contributed by atoms with Crippen molar-refractivity contribution < 1.29 is 9.84 Å². The van der Waals surface area contributed by atoms with Crippen molar-refractivity contribution >= 4 is 0 Å². The minimum atomic E-state index is 0.345. The fraction of sp³-hybridized carbons (Fsp3) is 0.760. The van der Waals surface area contributed by atoms with Gasteiger partial charge in [0, 0.05) is 6.61 Å². The van der Waals surface area contributed by atoms with Crippen LogP contribution in [0.4, 0.5) is 0 Å². The Hall–Kier alpha value is -1.02. The van der Waals surface area contributed by atoms with Crippen molar-refractivity contribution in [3.05, 3.63) is 29.8 Å². The summed E-state index contributed by atoms with van der Waals surface area (Å²) in [6, 6.07) is 8.74. The average molecular weight is 377 g/mol. The van der Waals surface area contributed by atoms with E-state index in [2.05, 4.69) is 31.2 Å². The van der Waals surface area contributed by atoms with E-state index < -0.39 is 0 Å². The van der Waals surface area contributed by atoms with Crippen molar-refractivity contribution in [2.45, 2.75) is 110 Å². The standard InChI is InChI=1S/C25H44O2/c1-2-3-4-5-8-11-14-17-24-18-20-25(21-19-24)27-23-16-13-10-7-6-9-12-15-22-26/h18-21,26H,2-17,22-23H2,1H3. The lowest BCUT2D eigenvalue weighted by Crippen LogP contribution is -1.97. The zero-order valence-corrected chi connectivity index (χ0v) is 17.9. The molecule has 0 aliphatic rings. The summed E-state index contributed by atoms with van der Waals surface area (Å²) in [4.78, 5) is 0. The molecular weight excluding hydrogens is 332 g/mol. The minimum Gasteiger partial charge on any atom is -0.494 e. The Morgan fingerprint density at radius 2 is 1.15 bits per heavy atom. The van der Waals surface area contributed by atoms with Gasteiger partial charge in [-0.05, 0) is 43.4 Å². The monoisotopic (exact) mass is 376 g/mol. The second-order valence-corrected chi connectivity index (χ2v) is 7.92. The number of unbranched alkanes of at least 4 members (excludes halogenated alkanes) is 13. The number of aliphatic hydroxyl groups is 1. The molecule has 0 bridgehead atoms. The molecule has 0 unspecified atom stereocenters. The highest BCUT2D eigenvalue weighted by atomic mass is 16.5. The number of aliphatic hydroxyl groups excluding tert-OH is 1. The third-order valence-electron chi connectivity index (χ3n) is 5.31. The molecule has 27 heavy (non-hydrogen) atoms. The van der Waals surface area contributed by atoms with Crippen LogP contribution < -0.4 is 4.74 Å². The van der Waals surface area contributed by atoms with Gasteiger partial charge in [0.25, 0.3) is 0 Å². The molecule has 1 rings (SSSR count). The van der Waals surface area contributed by atoms with E-state index in [0.717, 1.165) is 25.2 Å². The van der Waals surface area contributed by atoms with Crippen LogP contribution in [0.3, 0.4) is 0 Å². The Balaban J connectivity index is 1.95. The first kappa shape index (κ1) is 24.0. The maximum Gasteiger partial charge on any atom is 0.119 e. The van der Waals surface area contributed by atoms with Gasteiger partial charge in [0.1, 0.15) is 5.75 Å². The molecule has 0 heterocycles. The van der Waals surface area contributed by atoms with E-state index in [4.69, 9.17) is 9.84 Å². The Bertz CT molecular complexity index is 413. The van der Waals surface area contributed by atoms with Crippen LogP contribution in [0.15, 0.2) is 24.3 Å². The van der Waals surface area contributed by atoms with Gasteiger partial charge in [0.15, 0.2) is 0 Å². The predicted molar refractivity (Wildman–Crippen MR) is 118 cm³/mol. The second kappa shape index (κ2) is 18.3. The number of hydrogen-bond acceptors (Lipinski definition) is 2. The topological polar surface area (TPSA) is 29.5 Å². The van der Waals surface area contributed by atoms with Gasteiger partial charge in [-0.2, -0.15) is 0 Å².